The second kappa shape index (κ2) is 6.69. The monoisotopic (exact) mass is 223 g/mol. The molecule has 0 aliphatic rings. The first-order chi connectivity index (χ1) is 7.59. The van der Waals surface area contributed by atoms with E-state index in [9.17, 15) is 0 Å². The van der Waals surface area contributed by atoms with Crippen LogP contribution in [0.4, 0.5) is 0 Å². The van der Waals surface area contributed by atoms with Crippen molar-refractivity contribution in [2.45, 2.75) is 53.1 Å². The van der Waals surface area contributed by atoms with Gasteiger partial charge in [0.25, 0.3) is 0 Å². The molecule has 16 heavy (non-hydrogen) atoms. The van der Waals surface area contributed by atoms with Crippen LogP contribution in [0.2, 0.25) is 0 Å². The first kappa shape index (κ1) is 13.2. The third-order valence-electron chi connectivity index (χ3n) is 2.65. The Morgan fingerprint density at radius 2 is 2.06 bits per heavy atom. The smallest absolute Gasteiger partial charge is 0.0534 e. The van der Waals surface area contributed by atoms with Gasteiger partial charge in [-0.05, 0) is 39.2 Å². The average molecular weight is 223 g/mol. The number of hydrogen-bond donors (Lipinski definition) is 1. The molecular formula is C13H25N3. The normalized spacial score (nSPS) is 11.6. The topological polar surface area (TPSA) is 29.9 Å². The van der Waals surface area contributed by atoms with Crippen LogP contribution in [0.3, 0.4) is 0 Å². The summed E-state index contributed by atoms with van der Waals surface area (Å²) in [4.78, 5) is 0. The fraction of sp³-hybridized carbons (Fsp3) is 0.769. The summed E-state index contributed by atoms with van der Waals surface area (Å²) in [6, 6.07) is 0.453. The molecule has 0 unspecified atom stereocenters. The van der Waals surface area contributed by atoms with E-state index >= 15 is 0 Å². The van der Waals surface area contributed by atoms with E-state index in [-0.39, 0.29) is 0 Å². The van der Waals surface area contributed by atoms with Crippen LogP contribution < -0.4 is 5.32 Å². The number of nitrogens with one attached hydrogen (secondary N) is 1. The Kier molecular flexibility index (Phi) is 5.53. The van der Waals surface area contributed by atoms with Crippen LogP contribution in [0, 0.1) is 5.92 Å². The minimum Gasteiger partial charge on any atom is -0.313 e. The maximum absolute atomic E-state index is 4.32. The van der Waals surface area contributed by atoms with Gasteiger partial charge in [0.05, 0.1) is 6.20 Å². The van der Waals surface area contributed by atoms with E-state index in [2.05, 4.69) is 44.3 Å². The average Bonchev–Trinajstić information content (AvgIpc) is 2.65. The second-order valence-corrected chi connectivity index (χ2v) is 5.14. The molecule has 1 rings (SSSR count). The highest BCUT2D eigenvalue weighted by Crippen LogP contribution is 2.05. The molecule has 0 saturated carbocycles. The lowest BCUT2D eigenvalue weighted by atomic mass is 10.1. The van der Waals surface area contributed by atoms with Gasteiger partial charge in [0.15, 0.2) is 0 Å². The zero-order valence-electron chi connectivity index (χ0n) is 11.0. The Hall–Kier alpha value is -0.830. The molecule has 1 N–H and O–H groups in total. The summed E-state index contributed by atoms with van der Waals surface area (Å²) in [7, 11) is 0. The van der Waals surface area contributed by atoms with Gasteiger partial charge in [-0.15, -0.1) is 0 Å². The molecule has 0 aliphatic heterocycles. The lowest BCUT2D eigenvalue weighted by Gasteiger charge is -2.05. The molecule has 0 spiro atoms. The molecule has 0 atom stereocenters. The molecule has 0 saturated heterocycles. The number of hydrogen-bond acceptors (Lipinski definition) is 2. The fourth-order valence-corrected chi connectivity index (χ4v) is 1.62. The van der Waals surface area contributed by atoms with Crippen molar-refractivity contribution in [3.8, 4) is 0 Å². The lowest BCUT2D eigenvalue weighted by Crippen LogP contribution is -2.14. The van der Waals surface area contributed by atoms with Crippen molar-refractivity contribution in [3.05, 3.63) is 18.0 Å². The third kappa shape index (κ3) is 4.79. The molecule has 1 heterocycles. The molecule has 0 bridgehead atoms. The summed E-state index contributed by atoms with van der Waals surface area (Å²) >= 11 is 0. The Morgan fingerprint density at radius 1 is 1.31 bits per heavy atom. The molecule has 0 radical (unpaired) electrons. The standard InChI is InChI=1S/C13H25N3/c1-11(2)6-5-7-14-8-13-9-15-16(10-13)12(3)4/h9-12,14H,5-8H2,1-4H3. The molecule has 1 aromatic rings. The minimum atomic E-state index is 0.453. The molecule has 0 aliphatic carbocycles. The van der Waals surface area contributed by atoms with Crippen LogP contribution in [-0.2, 0) is 6.54 Å². The lowest BCUT2D eigenvalue weighted by molar-refractivity contribution is 0.524. The highest BCUT2D eigenvalue weighted by Gasteiger charge is 2.01. The van der Waals surface area contributed by atoms with Crippen molar-refractivity contribution in [1.29, 1.82) is 0 Å². The summed E-state index contributed by atoms with van der Waals surface area (Å²) in [6.07, 6.45) is 6.64. The molecule has 92 valence electrons. The summed E-state index contributed by atoms with van der Waals surface area (Å²) in [5.41, 5.74) is 1.28. The van der Waals surface area contributed by atoms with Gasteiger partial charge in [0.2, 0.25) is 0 Å². The zero-order chi connectivity index (χ0) is 12.0. The molecular weight excluding hydrogens is 198 g/mol. The highest BCUT2D eigenvalue weighted by atomic mass is 15.3. The van der Waals surface area contributed by atoms with Crippen molar-refractivity contribution in [1.82, 2.24) is 15.1 Å². The van der Waals surface area contributed by atoms with E-state index < -0.39 is 0 Å². The van der Waals surface area contributed by atoms with Gasteiger partial charge in [-0.1, -0.05) is 13.8 Å². The Morgan fingerprint density at radius 3 is 2.62 bits per heavy atom. The molecule has 3 nitrogen and oxygen atoms in total. The van der Waals surface area contributed by atoms with Crippen molar-refractivity contribution in [2.75, 3.05) is 6.54 Å². The summed E-state index contributed by atoms with van der Waals surface area (Å²) < 4.78 is 2.01. The SMILES string of the molecule is CC(C)CCCNCc1cnn(C(C)C)c1. The van der Waals surface area contributed by atoms with Gasteiger partial charge < -0.3 is 5.32 Å². The molecule has 1 aromatic heterocycles. The van der Waals surface area contributed by atoms with Gasteiger partial charge in [-0.25, -0.2) is 0 Å². The molecule has 0 fully saturated rings. The van der Waals surface area contributed by atoms with Crippen LogP contribution in [0.25, 0.3) is 0 Å². The van der Waals surface area contributed by atoms with Crippen LogP contribution >= 0.6 is 0 Å². The van der Waals surface area contributed by atoms with E-state index in [4.69, 9.17) is 0 Å². The maximum Gasteiger partial charge on any atom is 0.0534 e. The predicted molar refractivity (Wildman–Crippen MR) is 68.4 cm³/mol. The van der Waals surface area contributed by atoms with Gasteiger partial charge in [0.1, 0.15) is 0 Å². The third-order valence-corrected chi connectivity index (χ3v) is 2.65. The molecule has 0 amide bonds. The first-order valence-electron chi connectivity index (χ1n) is 6.33. The zero-order valence-corrected chi connectivity index (χ0v) is 11.0. The predicted octanol–water partition coefficient (Wildman–Crippen LogP) is 2.99. The van der Waals surface area contributed by atoms with E-state index in [0.29, 0.717) is 6.04 Å². The van der Waals surface area contributed by atoms with Crippen LogP contribution in [0.5, 0.6) is 0 Å². The van der Waals surface area contributed by atoms with E-state index in [1.165, 1.54) is 18.4 Å². The van der Waals surface area contributed by atoms with Crippen LogP contribution in [0.15, 0.2) is 12.4 Å². The molecule has 0 aromatic carbocycles. The Bertz CT molecular complexity index is 289. The fourth-order valence-electron chi connectivity index (χ4n) is 1.62. The van der Waals surface area contributed by atoms with Crippen molar-refractivity contribution in [2.24, 2.45) is 5.92 Å². The van der Waals surface area contributed by atoms with Crippen molar-refractivity contribution in [3.63, 3.8) is 0 Å². The van der Waals surface area contributed by atoms with Crippen LogP contribution in [0.1, 0.15) is 52.1 Å². The van der Waals surface area contributed by atoms with Gasteiger partial charge >= 0.3 is 0 Å². The van der Waals surface area contributed by atoms with Gasteiger partial charge in [-0.3, -0.25) is 4.68 Å². The maximum atomic E-state index is 4.32. The summed E-state index contributed by atoms with van der Waals surface area (Å²) in [5, 5.41) is 7.78. The molecule has 3 heteroatoms. The van der Waals surface area contributed by atoms with Crippen molar-refractivity contribution >= 4 is 0 Å². The largest absolute Gasteiger partial charge is 0.313 e. The highest BCUT2D eigenvalue weighted by molar-refractivity contribution is 5.03. The minimum absolute atomic E-state index is 0.453. The number of aromatic nitrogens is 2. The first-order valence-corrected chi connectivity index (χ1v) is 6.33. The summed E-state index contributed by atoms with van der Waals surface area (Å²) in [6.45, 7) is 10.9. The van der Waals surface area contributed by atoms with E-state index in [0.717, 1.165) is 19.0 Å². The summed E-state index contributed by atoms with van der Waals surface area (Å²) in [5.74, 6) is 0.811. The number of nitrogens with zero attached hydrogens (tertiary/aromatic N) is 2. The quantitative estimate of drug-likeness (QED) is 0.720. The van der Waals surface area contributed by atoms with E-state index in [1.807, 2.05) is 10.9 Å². The van der Waals surface area contributed by atoms with Gasteiger partial charge in [0, 0.05) is 24.3 Å². The van der Waals surface area contributed by atoms with Gasteiger partial charge in [-0.2, -0.15) is 5.10 Å². The van der Waals surface area contributed by atoms with Crippen molar-refractivity contribution < 1.29 is 0 Å². The van der Waals surface area contributed by atoms with Crippen LogP contribution in [-0.4, -0.2) is 16.3 Å². The van der Waals surface area contributed by atoms with E-state index in [1.54, 1.807) is 0 Å². The number of rotatable bonds is 7. The Balaban J connectivity index is 2.17. The Labute approximate surface area is 99.2 Å². The second-order valence-electron chi connectivity index (χ2n) is 5.14.